The summed E-state index contributed by atoms with van der Waals surface area (Å²) in [5.74, 6) is 0.906. The predicted molar refractivity (Wildman–Crippen MR) is 52.9 cm³/mol. The number of rotatable bonds is 5. The Morgan fingerprint density at radius 3 is 1.92 bits per heavy atom. The van der Waals surface area contributed by atoms with E-state index in [9.17, 15) is 5.11 Å². The van der Waals surface area contributed by atoms with Crippen LogP contribution in [0.1, 0.15) is 41.0 Å². The molecule has 0 radical (unpaired) electrons. The number of nitrogens with one attached hydrogen (secondary N) is 1. The second-order valence-corrected chi connectivity index (χ2v) is 4.08. The molecular formula is C10H23NO. The summed E-state index contributed by atoms with van der Waals surface area (Å²) in [6.45, 7) is 10.5. The maximum Gasteiger partial charge on any atom is 0.108 e. The van der Waals surface area contributed by atoms with Crippen molar-refractivity contribution in [3.8, 4) is 0 Å². The molecule has 2 nitrogen and oxygen atoms in total. The Hall–Kier alpha value is -0.0800. The van der Waals surface area contributed by atoms with E-state index >= 15 is 0 Å². The highest BCUT2D eigenvalue weighted by atomic mass is 16.3. The molecule has 0 aromatic heterocycles. The molecule has 0 unspecified atom stereocenters. The Morgan fingerprint density at radius 1 is 1.17 bits per heavy atom. The third-order valence-corrected chi connectivity index (χ3v) is 2.24. The van der Waals surface area contributed by atoms with Crippen molar-refractivity contribution in [2.45, 2.75) is 53.3 Å². The van der Waals surface area contributed by atoms with Gasteiger partial charge in [0.05, 0.1) is 0 Å². The van der Waals surface area contributed by atoms with E-state index < -0.39 is 0 Å². The predicted octanol–water partition coefficient (Wildman–Crippen LogP) is 1.98. The summed E-state index contributed by atoms with van der Waals surface area (Å²) < 4.78 is 0. The SMILES string of the molecule is CC[C@@H](C(C)C)[C@H](O)NC(C)C. The molecule has 2 N–H and O–H groups in total. The van der Waals surface area contributed by atoms with Crippen molar-refractivity contribution >= 4 is 0 Å². The van der Waals surface area contributed by atoms with E-state index in [2.05, 4.69) is 39.9 Å². The zero-order chi connectivity index (χ0) is 9.72. The zero-order valence-electron chi connectivity index (χ0n) is 8.96. The minimum atomic E-state index is -0.352. The Labute approximate surface area is 76.4 Å². The highest BCUT2D eigenvalue weighted by molar-refractivity contribution is 4.70. The summed E-state index contributed by atoms with van der Waals surface area (Å²) in [7, 11) is 0. The van der Waals surface area contributed by atoms with Gasteiger partial charge in [0.1, 0.15) is 6.23 Å². The molecule has 0 bridgehead atoms. The number of hydrogen-bond donors (Lipinski definition) is 2. The molecule has 0 aliphatic heterocycles. The molecule has 0 saturated carbocycles. The smallest absolute Gasteiger partial charge is 0.108 e. The Balaban J connectivity index is 3.94. The molecule has 0 spiro atoms. The summed E-state index contributed by atoms with van der Waals surface area (Å²) in [5.41, 5.74) is 0. The van der Waals surface area contributed by atoms with Crippen LogP contribution < -0.4 is 5.32 Å². The van der Waals surface area contributed by atoms with E-state index in [4.69, 9.17) is 0 Å². The molecule has 12 heavy (non-hydrogen) atoms. The lowest BCUT2D eigenvalue weighted by Crippen LogP contribution is -2.41. The average Bonchev–Trinajstić information content (AvgIpc) is 1.85. The van der Waals surface area contributed by atoms with Crippen LogP contribution in [0.15, 0.2) is 0 Å². The van der Waals surface area contributed by atoms with Crippen LogP contribution in [0.4, 0.5) is 0 Å². The van der Waals surface area contributed by atoms with Gasteiger partial charge in [-0.15, -0.1) is 0 Å². The summed E-state index contributed by atoms with van der Waals surface area (Å²) in [4.78, 5) is 0. The van der Waals surface area contributed by atoms with Crippen LogP contribution >= 0.6 is 0 Å². The fourth-order valence-electron chi connectivity index (χ4n) is 1.52. The average molecular weight is 173 g/mol. The molecule has 0 fully saturated rings. The van der Waals surface area contributed by atoms with Crippen molar-refractivity contribution < 1.29 is 5.11 Å². The van der Waals surface area contributed by atoms with Crippen molar-refractivity contribution in [1.82, 2.24) is 5.32 Å². The number of hydrogen-bond acceptors (Lipinski definition) is 2. The maximum absolute atomic E-state index is 9.74. The third-order valence-electron chi connectivity index (χ3n) is 2.24. The van der Waals surface area contributed by atoms with Crippen molar-refractivity contribution in [1.29, 1.82) is 0 Å². The minimum absolute atomic E-state index is 0.352. The molecular weight excluding hydrogens is 150 g/mol. The van der Waals surface area contributed by atoms with E-state index in [-0.39, 0.29) is 6.23 Å². The van der Waals surface area contributed by atoms with Crippen LogP contribution in [-0.2, 0) is 0 Å². The molecule has 0 aliphatic rings. The van der Waals surface area contributed by atoms with Gasteiger partial charge in [-0.25, -0.2) is 0 Å². The lowest BCUT2D eigenvalue weighted by molar-refractivity contribution is 0.0426. The van der Waals surface area contributed by atoms with Crippen molar-refractivity contribution in [2.24, 2.45) is 11.8 Å². The second-order valence-electron chi connectivity index (χ2n) is 4.08. The number of aliphatic hydroxyl groups excluding tert-OH is 1. The first-order chi connectivity index (χ1) is 5.49. The molecule has 0 aromatic rings. The van der Waals surface area contributed by atoms with Gasteiger partial charge >= 0.3 is 0 Å². The van der Waals surface area contributed by atoms with Crippen LogP contribution in [0.5, 0.6) is 0 Å². The number of aliphatic hydroxyl groups is 1. The molecule has 74 valence electrons. The largest absolute Gasteiger partial charge is 0.378 e. The maximum atomic E-state index is 9.74. The first kappa shape index (κ1) is 11.9. The lowest BCUT2D eigenvalue weighted by Gasteiger charge is -2.27. The highest BCUT2D eigenvalue weighted by Crippen LogP contribution is 2.17. The quantitative estimate of drug-likeness (QED) is 0.623. The van der Waals surface area contributed by atoms with Crippen molar-refractivity contribution in [3.63, 3.8) is 0 Å². The summed E-state index contributed by atoms with van der Waals surface area (Å²) in [5, 5.41) is 12.9. The molecule has 0 saturated heterocycles. The van der Waals surface area contributed by atoms with E-state index in [0.717, 1.165) is 6.42 Å². The van der Waals surface area contributed by atoms with Gasteiger partial charge in [0.2, 0.25) is 0 Å². The molecule has 0 amide bonds. The van der Waals surface area contributed by atoms with Gasteiger partial charge in [-0.1, -0.05) is 20.8 Å². The molecule has 2 heteroatoms. The molecule has 0 aliphatic carbocycles. The molecule has 0 heterocycles. The van der Waals surface area contributed by atoms with E-state index in [0.29, 0.717) is 17.9 Å². The standard InChI is InChI=1S/C10H23NO/c1-6-9(7(2)3)10(12)11-8(4)5/h7-12H,6H2,1-5H3/t9-,10-/m0/s1. The highest BCUT2D eigenvalue weighted by Gasteiger charge is 2.20. The van der Waals surface area contributed by atoms with Gasteiger partial charge in [0, 0.05) is 12.0 Å². The minimum Gasteiger partial charge on any atom is -0.378 e. The van der Waals surface area contributed by atoms with Crippen molar-refractivity contribution in [2.75, 3.05) is 0 Å². The topological polar surface area (TPSA) is 32.3 Å². The monoisotopic (exact) mass is 173 g/mol. The van der Waals surface area contributed by atoms with Gasteiger partial charge in [-0.05, 0) is 26.2 Å². The van der Waals surface area contributed by atoms with Crippen LogP contribution in [0, 0.1) is 11.8 Å². The second kappa shape index (κ2) is 5.55. The van der Waals surface area contributed by atoms with Gasteiger partial charge < -0.3 is 5.11 Å². The summed E-state index contributed by atoms with van der Waals surface area (Å²) in [6.07, 6.45) is 0.674. The van der Waals surface area contributed by atoms with Gasteiger partial charge in [-0.3, -0.25) is 5.32 Å². The Kier molecular flexibility index (Phi) is 5.51. The van der Waals surface area contributed by atoms with Gasteiger partial charge in [0.15, 0.2) is 0 Å². The first-order valence-corrected chi connectivity index (χ1v) is 4.93. The van der Waals surface area contributed by atoms with Crippen LogP contribution in [0.3, 0.4) is 0 Å². The first-order valence-electron chi connectivity index (χ1n) is 4.93. The molecule has 2 atom stereocenters. The van der Waals surface area contributed by atoms with Crippen LogP contribution in [0.2, 0.25) is 0 Å². The zero-order valence-corrected chi connectivity index (χ0v) is 8.96. The van der Waals surface area contributed by atoms with E-state index in [1.54, 1.807) is 0 Å². The van der Waals surface area contributed by atoms with Gasteiger partial charge in [0.25, 0.3) is 0 Å². The lowest BCUT2D eigenvalue weighted by atomic mass is 9.91. The van der Waals surface area contributed by atoms with Crippen molar-refractivity contribution in [3.05, 3.63) is 0 Å². The van der Waals surface area contributed by atoms with E-state index in [1.165, 1.54) is 0 Å². The van der Waals surface area contributed by atoms with E-state index in [1.807, 2.05) is 0 Å². The Bertz CT molecular complexity index is 112. The molecule has 0 rings (SSSR count). The van der Waals surface area contributed by atoms with Crippen LogP contribution in [0.25, 0.3) is 0 Å². The van der Waals surface area contributed by atoms with Gasteiger partial charge in [-0.2, -0.15) is 0 Å². The fraction of sp³-hybridized carbons (Fsp3) is 1.00. The molecule has 0 aromatic carbocycles. The third kappa shape index (κ3) is 4.07. The van der Waals surface area contributed by atoms with Crippen LogP contribution in [-0.4, -0.2) is 17.4 Å². The fourth-order valence-corrected chi connectivity index (χ4v) is 1.52. The normalized spacial score (nSPS) is 17.0. The Morgan fingerprint density at radius 2 is 1.67 bits per heavy atom. The summed E-state index contributed by atoms with van der Waals surface area (Å²) in [6, 6.07) is 0.354. The summed E-state index contributed by atoms with van der Waals surface area (Å²) >= 11 is 0.